The number of aromatic nitrogens is 2. The second kappa shape index (κ2) is 10.3. The summed E-state index contributed by atoms with van der Waals surface area (Å²) >= 11 is 0. The first-order chi connectivity index (χ1) is 17.0. The monoisotopic (exact) mass is 473 g/mol. The summed E-state index contributed by atoms with van der Waals surface area (Å²) in [6.07, 6.45) is 5.30. The maximum absolute atomic E-state index is 12.9. The van der Waals surface area contributed by atoms with Crippen molar-refractivity contribution in [2.45, 2.75) is 13.3 Å². The Labute approximate surface area is 204 Å². The molecule has 0 saturated carbocycles. The number of ether oxygens (including phenoxy) is 4. The topological polar surface area (TPSA) is 91.8 Å². The number of nitrogens with one attached hydrogen (secondary N) is 1. The Kier molecular flexibility index (Phi) is 7.01. The van der Waals surface area contributed by atoms with Gasteiger partial charge in [-0.05, 0) is 76.7 Å². The molecular weight excluding hydrogens is 446 g/mol. The van der Waals surface area contributed by atoms with E-state index < -0.39 is 0 Å². The van der Waals surface area contributed by atoms with Gasteiger partial charge >= 0.3 is 0 Å². The van der Waals surface area contributed by atoms with Crippen LogP contribution in [0.3, 0.4) is 0 Å². The van der Waals surface area contributed by atoms with Crippen molar-refractivity contribution < 1.29 is 23.7 Å². The molecule has 8 heteroatoms. The van der Waals surface area contributed by atoms with Gasteiger partial charge in [0.1, 0.15) is 5.75 Å². The largest absolute Gasteiger partial charge is 0.497 e. The molecular formula is C27H27N3O5. The zero-order valence-electron chi connectivity index (χ0n) is 20.3. The molecule has 0 bridgehead atoms. The zero-order valence-corrected chi connectivity index (χ0v) is 20.3. The Bertz CT molecular complexity index is 1290. The molecule has 2 aromatic carbocycles. The van der Waals surface area contributed by atoms with E-state index in [4.69, 9.17) is 18.9 Å². The summed E-state index contributed by atoms with van der Waals surface area (Å²) in [5, 5.41) is 10.4. The number of hydrogen-bond acceptors (Lipinski definition) is 7. The minimum Gasteiger partial charge on any atom is -0.497 e. The van der Waals surface area contributed by atoms with Crippen LogP contribution in [-0.2, 0) is 4.79 Å². The van der Waals surface area contributed by atoms with E-state index in [1.807, 2.05) is 37.3 Å². The first-order valence-corrected chi connectivity index (χ1v) is 11.0. The van der Waals surface area contributed by atoms with Crippen LogP contribution in [0.1, 0.15) is 30.0 Å². The number of anilines is 1. The molecule has 180 valence electrons. The van der Waals surface area contributed by atoms with Gasteiger partial charge in [0.05, 0.1) is 52.9 Å². The number of hydrogen-bond donors (Lipinski definition) is 1. The summed E-state index contributed by atoms with van der Waals surface area (Å²) in [6, 6.07) is 11.4. The lowest BCUT2D eigenvalue weighted by atomic mass is 10.00. The molecule has 1 N–H and O–H groups in total. The Morgan fingerprint density at radius 3 is 2.26 bits per heavy atom. The van der Waals surface area contributed by atoms with Crippen LogP contribution in [0.25, 0.3) is 17.2 Å². The lowest BCUT2D eigenvalue weighted by Crippen LogP contribution is -2.12. The molecule has 0 unspecified atom stereocenters. The van der Waals surface area contributed by atoms with E-state index >= 15 is 0 Å². The normalized spacial score (nSPS) is 13.5. The van der Waals surface area contributed by atoms with Crippen LogP contribution in [0, 0.1) is 0 Å². The first kappa shape index (κ1) is 23.8. The van der Waals surface area contributed by atoms with E-state index in [2.05, 4.69) is 21.6 Å². The molecule has 0 saturated heterocycles. The van der Waals surface area contributed by atoms with Crippen molar-refractivity contribution in [1.29, 1.82) is 0 Å². The standard InChI is InChI=1S/C27H27N3O5/c1-16-21(10-17-11-24(33-3)27(35-5)25(12-17)34-4)20-7-6-19(32-2)13-23(20)22(16)14-26(31)30-18-8-9-28-29-15-18/h6-13,15H,14H2,1-5H3,(H,28,30,31)/b21-10-. The lowest BCUT2D eigenvalue weighted by molar-refractivity contribution is -0.115. The second-order valence-corrected chi connectivity index (χ2v) is 7.89. The van der Waals surface area contributed by atoms with E-state index in [0.717, 1.165) is 39.2 Å². The third-order valence-corrected chi connectivity index (χ3v) is 5.90. The van der Waals surface area contributed by atoms with Gasteiger partial charge in [0, 0.05) is 0 Å². The number of amides is 1. The Morgan fingerprint density at radius 1 is 0.914 bits per heavy atom. The minimum atomic E-state index is -0.143. The second-order valence-electron chi connectivity index (χ2n) is 7.89. The fourth-order valence-corrected chi connectivity index (χ4v) is 4.20. The highest BCUT2D eigenvalue weighted by Crippen LogP contribution is 2.46. The van der Waals surface area contributed by atoms with Gasteiger partial charge in [0.2, 0.25) is 11.7 Å². The van der Waals surface area contributed by atoms with Gasteiger partial charge in [0.25, 0.3) is 0 Å². The SMILES string of the molecule is COc1ccc2c(c1)C(CC(=O)Nc1ccnnc1)=C(C)/C2=C/c1cc(OC)c(OC)c(OC)c1. The van der Waals surface area contributed by atoms with Gasteiger partial charge in [-0.1, -0.05) is 6.07 Å². The summed E-state index contributed by atoms with van der Waals surface area (Å²) in [5.41, 5.74) is 6.39. The molecule has 35 heavy (non-hydrogen) atoms. The summed E-state index contributed by atoms with van der Waals surface area (Å²) in [4.78, 5) is 12.9. The highest BCUT2D eigenvalue weighted by molar-refractivity contribution is 6.10. The van der Waals surface area contributed by atoms with Gasteiger partial charge in [-0.2, -0.15) is 10.2 Å². The summed E-state index contributed by atoms with van der Waals surface area (Å²) in [6.45, 7) is 2.02. The number of methoxy groups -OCH3 is 4. The highest BCUT2D eigenvalue weighted by atomic mass is 16.5. The predicted molar refractivity (Wildman–Crippen MR) is 135 cm³/mol. The average Bonchev–Trinajstić information content (AvgIpc) is 3.13. The van der Waals surface area contributed by atoms with Crippen LogP contribution in [-0.4, -0.2) is 44.5 Å². The minimum absolute atomic E-state index is 0.143. The number of benzene rings is 2. The van der Waals surface area contributed by atoms with Crippen LogP contribution in [0.5, 0.6) is 23.0 Å². The van der Waals surface area contributed by atoms with Crippen LogP contribution in [0.2, 0.25) is 0 Å². The number of carbonyl (C=O) groups is 1. The van der Waals surface area contributed by atoms with E-state index in [1.54, 1.807) is 34.5 Å². The van der Waals surface area contributed by atoms with Crippen LogP contribution >= 0.6 is 0 Å². The molecule has 1 aliphatic carbocycles. The number of fused-ring (bicyclic) bond motifs is 1. The van der Waals surface area contributed by atoms with Gasteiger partial charge in [-0.25, -0.2) is 0 Å². The van der Waals surface area contributed by atoms with E-state index in [-0.39, 0.29) is 12.3 Å². The molecule has 0 spiro atoms. The molecule has 3 aromatic rings. The first-order valence-electron chi connectivity index (χ1n) is 11.0. The summed E-state index contributed by atoms with van der Waals surface area (Å²) < 4.78 is 21.9. The van der Waals surface area contributed by atoms with E-state index in [1.165, 1.54) is 12.4 Å². The fraction of sp³-hybridized carbons (Fsp3) is 0.222. The number of nitrogens with zero attached hydrogens (tertiary/aromatic N) is 2. The number of carbonyl (C=O) groups excluding carboxylic acids is 1. The highest BCUT2D eigenvalue weighted by Gasteiger charge is 2.26. The molecule has 4 rings (SSSR count). The Balaban J connectivity index is 1.77. The van der Waals surface area contributed by atoms with Gasteiger partial charge in [0.15, 0.2) is 11.5 Å². The van der Waals surface area contributed by atoms with E-state index in [9.17, 15) is 4.79 Å². The summed E-state index contributed by atoms with van der Waals surface area (Å²) in [7, 11) is 6.38. The zero-order chi connectivity index (χ0) is 24.9. The number of allylic oxidation sites excluding steroid dienone is 2. The average molecular weight is 474 g/mol. The molecule has 1 amide bonds. The van der Waals surface area contributed by atoms with Crippen LogP contribution in [0.4, 0.5) is 5.69 Å². The third kappa shape index (κ3) is 4.82. The molecule has 0 fully saturated rings. The predicted octanol–water partition coefficient (Wildman–Crippen LogP) is 4.87. The molecule has 0 radical (unpaired) electrons. The smallest absolute Gasteiger partial charge is 0.228 e. The van der Waals surface area contributed by atoms with Crippen molar-refractivity contribution in [3.05, 3.63) is 71.1 Å². The maximum Gasteiger partial charge on any atom is 0.228 e. The van der Waals surface area contributed by atoms with Crippen molar-refractivity contribution in [3.63, 3.8) is 0 Å². The quantitative estimate of drug-likeness (QED) is 0.499. The van der Waals surface area contributed by atoms with Gasteiger partial charge in [-0.3, -0.25) is 4.79 Å². The van der Waals surface area contributed by atoms with Gasteiger partial charge < -0.3 is 24.3 Å². The van der Waals surface area contributed by atoms with Crippen molar-refractivity contribution in [2.75, 3.05) is 33.8 Å². The Morgan fingerprint density at radius 2 is 1.66 bits per heavy atom. The van der Waals surface area contributed by atoms with Crippen molar-refractivity contribution in [3.8, 4) is 23.0 Å². The molecule has 1 aliphatic rings. The van der Waals surface area contributed by atoms with E-state index in [0.29, 0.717) is 22.9 Å². The number of rotatable bonds is 8. The van der Waals surface area contributed by atoms with Gasteiger partial charge in [-0.15, -0.1) is 0 Å². The van der Waals surface area contributed by atoms with Crippen LogP contribution in [0.15, 0.2) is 54.4 Å². The molecule has 1 heterocycles. The van der Waals surface area contributed by atoms with Crippen molar-refractivity contribution >= 4 is 28.8 Å². The van der Waals surface area contributed by atoms with Crippen LogP contribution < -0.4 is 24.3 Å². The fourth-order valence-electron chi connectivity index (χ4n) is 4.20. The maximum atomic E-state index is 12.9. The third-order valence-electron chi connectivity index (χ3n) is 5.90. The summed E-state index contributed by atoms with van der Waals surface area (Å²) in [5.74, 6) is 2.25. The Hall–Kier alpha value is -4.33. The molecule has 0 atom stereocenters. The van der Waals surface area contributed by atoms with Crippen molar-refractivity contribution in [2.24, 2.45) is 0 Å². The molecule has 0 aliphatic heterocycles. The lowest BCUT2D eigenvalue weighted by Gasteiger charge is -2.13. The molecule has 8 nitrogen and oxygen atoms in total. The van der Waals surface area contributed by atoms with Crippen molar-refractivity contribution in [1.82, 2.24) is 10.2 Å². The molecule has 1 aromatic heterocycles.